The van der Waals surface area contributed by atoms with Crippen LogP contribution in [0.25, 0.3) is 11.1 Å². The Bertz CT molecular complexity index is 989. The highest BCUT2D eigenvalue weighted by Crippen LogP contribution is 2.32. The number of benzene rings is 3. The zero-order valence-corrected chi connectivity index (χ0v) is 14.6. The van der Waals surface area contributed by atoms with Gasteiger partial charge in [0.05, 0.1) is 5.69 Å². The lowest BCUT2D eigenvalue weighted by Gasteiger charge is -2.22. The van der Waals surface area contributed by atoms with Gasteiger partial charge in [-0.3, -0.25) is 4.79 Å². The SMILES string of the molecule is Cc1c(F)c(F)c(C(=O)N(C)c2ccccc2-c2ccccc2)c(F)c1F. The molecule has 0 saturated carbocycles. The fraction of sp³-hybridized carbons (Fsp3) is 0.0952. The Balaban J connectivity index is 2.12. The lowest BCUT2D eigenvalue weighted by Crippen LogP contribution is -2.29. The molecule has 2 nitrogen and oxygen atoms in total. The molecule has 3 aromatic carbocycles. The van der Waals surface area contributed by atoms with Crippen molar-refractivity contribution in [2.75, 3.05) is 11.9 Å². The number of amides is 1. The van der Waals surface area contributed by atoms with Crippen molar-refractivity contribution in [1.29, 1.82) is 0 Å². The van der Waals surface area contributed by atoms with Gasteiger partial charge in [-0.15, -0.1) is 0 Å². The molecule has 0 heterocycles. The summed E-state index contributed by atoms with van der Waals surface area (Å²) in [7, 11) is 1.29. The molecular formula is C21H15F4NO. The Labute approximate surface area is 153 Å². The number of rotatable bonds is 3. The summed E-state index contributed by atoms with van der Waals surface area (Å²) < 4.78 is 56.1. The molecule has 1 amide bonds. The average Bonchev–Trinajstić information content (AvgIpc) is 2.71. The Morgan fingerprint density at radius 3 is 1.89 bits per heavy atom. The molecule has 0 aromatic heterocycles. The predicted molar refractivity (Wildman–Crippen MR) is 95.6 cm³/mol. The molecule has 0 unspecified atom stereocenters. The van der Waals surface area contributed by atoms with Gasteiger partial charge in [0.25, 0.3) is 5.91 Å². The molecule has 27 heavy (non-hydrogen) atoms. The second kappa shape index (κ2) is 7.23. The lowest BCUT2D eigenvalue weighted by atomic mass is 10.0. The van der Waals surface area contributed by atoms with E-state index in [1.54, 1.807) is 36.4 Å². The van der Waals surface area contributed by atoms with Crippen LogP contribution in [0.1, 0.15) is 15.9 Å². The zero-order chi connectivity index (χ0) is 19.7. The largest absolute Gasteiger partial charge is 0.311 e. The number of halogens is 4. The first-order valence-electron chi connectivity index (χ1n) is 8.09. The smallest absolute Gasteiger partial charge is 0.264 e. The van der Waals surface area contributed by atoms with E-state index < -0.39 is 40.3 Å². The van der Waals surface area contributed by atoms with Crippen LogP contribution in [0.4, 0.5) is 23.2 Å². The standard InChI is InChI=1S/C21H15F4NO/c1-12-17(22)19(24)16(20(25)18(12)23)21(27)26(2)15-11-7-6-10-14(15)13-8-4-3-5-9-13/h3-11H,1-2H3. The van der Waals surface area contributed by atoms with Crippen LogP contribution < -0.4 is 4.90 Å². The van der Waals surface area contributed by atoms with E-state index in [1.807, 2.05) is 18.2 Å². The van der Waals surface area contributed by atoms with Crippen molar-refractivity contribution < 1.29 is 22.4 Å². The molecule has 0 aliphatic carbocycles. The summed E-state index contributed by atoms with van der Waals surface area (Å²) in [4.78, 5) is 13.7. The third-order valence-electron chi connectivity index (χ3n) is 4.35. The number of anilines is 1. The van der Waals surface area contributed by atoms with Crippen LogP contribution in [-0.4, -0.2) is 13.0 Å². The first-order valence-corrected chi connectivity index (χ1v) is 8.09. The van der Waals surface area contributed by atoms with Crippen molar-refractivity contribution in [3.05, 3.63) is 89.0 Å². The van der Waals surface area contributed by atoms with Crippen molar-refractivity contribution in [3.8, 4) is 11.1 Å². The Kier molecular flexibility index (Phi) is 4.99. The molecule has 0 spiro atoms. The lowest BCUT2D eigenvalue weighted by molar-refractivity contribution is 0.0982. The van der Waals surface area contributed by atoms with Crippen molar-refractivity contribution >= 4 is 11.6 Å². The molecule has 3 rings (SSSR count). The highest BCUT2D eigenvalue weighted by Gasteiger charge is 2.30. The summed E-state index contributed by atoms with van der Waals surface area (Å²) in [6.45, 7) is 0.902. The van der Waals surface area contributed by atoms with Gasteiger partial charge in [-0.1, -0.05) is 48.5 Å². The van der Waals surface area contributed by atoms with Gasteiger partial charge in [0.15, 0.2) is 23.3 Å². The van der Waals surface area contributed by atoms with Gasteiger partial charge in [-0.05, 0) is 18.6 Å². The minimum absolute atomic E-state index is 0.342. The van der Waals surface area contributed by atoms with Crippen LogP contribution in [-0.2, 0) is 0 Å². The van der Waals surface area contributed by atoms with Crippen molar-refractivity contribution in [3.63, 3.8) is 0 Å². The molecule has 6 heteroatoms. The normalized spacial score (nSPS) is 10.7. The summed E-state index contributed by atoms with van der Waals surface area (Å²) in [6, 6.07) is 15.8. The zero-order valence-electron chi connectivity index (χ0n) is 14.6. The summed E-state index contributed by atoms with van der Waals surface area (Å²) in [5.41, 5.74) is -0.332. The molecule has 0 aliphatic heterocycles. The van der Waals surface area contributed by atoms with Crippen molar-refractivity contribution in [2.24, 2.45) is 0 Å². The average molecular weight is 373 g/mol. The third kappa shape index (κ3) is 3.18. The monoisotopic (exact) mass is 373 g/mol. The molecule has 0 aliphatic rings. The number of para-hydroxylation sites is 1. The third-order valence-corrected chi connectivity index (χ3v) is 4.35. The van der Waals surface area contributed by atoms with Gasteiger partial charge < -0.3 is 4.90 Å². The maximum Gasteiger partial charge on any atom is 0.264 e. The van der Waals surface area contributed by atoms with E-state index in [4.69, 9.17) is 0 Å². The minimum Gasteiger partial charge on any atom is -0.311 e. The highest BCUT2D eigenvalue weighted by atomic mass is 19.2. The van der Waals surface area contributed by atoms with E-state index in [0.717, 1.165) is 17.4 Å². The van der Waals surface area contributed by atoms with Gasteiger partial charge in [-0.2, -0.15) is 0 Å². The fourth-order valence-corrected chi connectivity index (χ4v) is 2.83. The first kappa shape index (κ1) is 18.6. The molecule has 0 bridgehead atoms. The van der Waals surface area contributed by atoms with Gasteiger partial charge in [0.1, 0.15) is 5.56 Å². The van der Waals surface area contributed by atoms with Crippen LogP contribution in [0.3, 0.4) is 0 Å². The van der Waals surface area contributed by atoms with E-state index in [1.165, 1.54) is 7.05 Å². The second-order valence-corrected chi connectivity index (χ2v) is 6.00. The van der Waals surface area contributed by atoms with Crippen LogP contribution in [0.5, 0.6) is 0 Å². The number of nitrogens with zero attached hydrogens (tertiary/aromatic N) is 1. The predicted octanol–water partition coefficient (Wildman–Crippen LogP) is 5.50. The van der Waals surface area contributed by atoms with E-state index in [0.29, 0.717) is 11.3 Å². The summed E-state index contributed by atoms with van der Waals surface area (Å²) in [5, 5.41) is 0. The number of carbonyl (C=O) groups excluding carboxylic acids is 1. The van der Waals surface area contributed by atoms with E-state index in [2.05, 4.69) is 0 Å². The quantitative estimate of drug-likeness (QED) is 0.439. The van der Waals surface area contributed by atoms with E-state index in [9.17, 15) is 22.4 Å². The second-order valence-electron chi connectivity index (χ2n) is 6.00. The minimum atomic E-state index is -1.71. The Morgan fingerprint density at radius 2 is 1.30 bits per heavy atom. The van der Waals surface area contributed by atoms with Crippen molar-refractivity contribution in [1.82, 2.24) is 0 Å². The maximum atomic E-state index is 14.2. The van der Waals surface area contributed by atoms with Crippen molar-refractivity contribution in [2.45, 2.75) is 6.92 Å². The summed E-state index contributed by atoms with van der Waals surface area (Å²) in [5.74, 6) is -7.77. The fourth-order valence-electron chi connectivity index (χ4n) is 2.83. The number of carbonyl (C=O) groups is 1. The van der Waals surface area contributed by atoms with Gasteiger partial charge >= 0.3 is 0 Å². The summed E-state index contributed by atoms with van der Waals surface area (Å²) in [6.07, 6.45) is 0. The molecule has 3 aromatic rings. The number of hydrogen-bond acceptors (Lipinski definition) is 1. The molecule has 138 valence electrons. The molecule has 0 saturated heterocycles. The maximum absolute atomic E-state index is 14.2. The van der Waals surface area contributed by atoms with Crippen LogP contribution >= 0.6 is 0 Å². The van der Waals surface area contributed by atoms with Gasteiger partial charge in [-0.25, -0.2) is 17.6 Å². The van der Waals surface area contributed by atoms with E-state index >= 15 is 0 Å². The first-order chi connectivity index (χ1) is 12.8. The van der Waals surface area contributed by atoms with Gasteiger partial charge in [0, 0.05) is 18.2 Å². The van der Waals surface area contributed by atoms with Crippen LogP contribution in [0.15, 0.2) is 54.6 Å². The molecule has 0 radical (unpaired) electrons. The molecule has 0 N–H and O–H groups in total. The summed E-state index contributed by atoms with van der Waals surface area (Å²) >= 11 is 0. The van der Waals surface area contributed by atoms with Crippen LogP contribution in [0.2, 0.25) is 0 Å². The van der Waals surface area contributed by atoms with Gasteiger partial charge in [0.2, 0.25) is 0 Å². The highest BCUT2D eigenvalue weighted by molar-refractivity contribution is 6.08. The number of hydrogen-bond donors (Lipinski definition) is 0. The molecular weight excluding hydrogens is 358 g/mol. The Hall–Kier alpha value is -3.15. The molecule has 0 fully saturated rings. The molecule has 0 atom stereocenters. The Morgan fingerprint density at radius 1 is 0.778 bits per heavy atom. The topological polar surface area (TPSA) is 20.3 Å². The van der Waals surface area contributed by atoms with Crippen LogP contribution in [0, 0.1) is 30.2 Å². The van der Waals surface area contributed by atoms with E-state index in [-0.39, 0.29) is 0 Å².